The highest BCUT2D eigenvalue weighted by Gasteiger charge is 2.39. The van der Waals surface area contributed by atoms with Crippen LogP contribution >= 0.6 is 0 Å². The van der Waals surface area contributed by atoms with Gasteiger partial charge in [-0.05, 0) is 108 Å². The molecule has 268 valence electrons. The van der Waals surface area contributed by atoms with Gasteiger partial charge in [0, 0.05) is 49.9 Å². The monoisotopic (exact) mass is 677 g/mol. The van der Waals surface area contributed by atoms with Crippen molar-refractivity contribution < 1.29 is 29.3 Å². The number of methoxy groups -OCH3 is 1. The van der Waals surface area contributed by atoms with Crippen LogP contribution in [0.3, 0.4) is 0 Å². The minimum atomic E-state index is -0.836. The Balaban J connectivity index is 0.000000221. The highest BCUT2D eigenvalue weighted by Crippen LogP contribution is 2.40. The Labute approximate surface area is 290 Å². The number of amides is 1. The number of pyridine rings is 1. The lowest BCUT2D eigenvalue weighted by Gasteiger charge is -2.49. The lowest BCUT2D eigenvalue weighted by Crippen LogP contribution is -2.53. The number of nitrogens with zero attached hydrogens (tertiary/aromatic N) is 4. The average molecular weight is 678 g/mol. The van der Waals surface area contributed by atoms with Crippen molar-refractivity contribution in [2.24, 2.45) is 17.8 Å². The number of aliphatic hydroxyl groups is 1. The number of fused-ring (bicyclic) bond motifs is 4. The van der Waals surface area contributed by atoms with Gasteiger partial charge in [-0.25, -0.2) is 9.78 Å². The zero-order valence-corrected chi connectivity index (χ0v) is 29.8. The minimum absolute atomic E-state index is 0.392. The summed E-state index contributed by atoms with van der Waals surface area (Å²) in [5.74, 6) is 0.804. The van der Waals surface area contributed by atoms with E-state index < -0.39 is 29.7 Å². The number of carboxylic acid groups (broad SMARTS) is 1. The zero-order chi connectivity index (χ0) is 35.6. The molecule has 11 nitrogen and oxygen atoms in total. The van der Waals surface area contributed by atoms with Gasteiger partial charge in [0.1, 0.15) is 11.4 Å². The van der Waals surface area contributed by atoms with E-state index in [1.165, 1.54) is 12.8 Å². The van der Waals surface area contributed by atoms with Crippen LogP contribution in [0.15, 0.2) is 55.6 Å². The first-order chi connectivity index (χ1) is 23.4. The van der Waals surface area contributed by atoms with E-state index in [1.54, 1.807) is 40.4 Å². The third-order valence-electron chi connectivity index (χ3n) is 9.44. The highest BCUT2D eigenvalue weighted by molar-refractivity contribution is 5.83. The van der Waals surface area contributed by atoms with Gasteiger partial charge in [-0.3, -0.25) is 14.7 Å². The fourth-order valence-electron chi connectivity index (χ4n) is 6.95. The number of alkyl carbamates (subject to hydrolysis) is 1. The molecule has 1 amide bonds. The molecular formula is C38H55N5O6. The van der Waals surface area contributed by atoms with Crippen molar-refractivity contribution in [1.82, 2.24) is 24.8 Å². The number of rotatable bonds is 14. The second-order valence-corrected chi connectivity index (χ2v) is 14.3. The third kappa shape index (κ3) is 11.0. The number of nitrogens with one attached hydrogen (secondary N) is 1. The molecule has 6 atom stereocenters. The third-order valence-corrected chi connectivity index (χ3v) is 9.44. The second kappa shape index (κ2) is 17.6. The molecule has 5 heterocycles. The molecule has 3 aliphatic heterocycles. The lowest BCUT2D eigenvalue weighted by molar-refractivity contribution is -0.142. The fraction of sp³-hybridized carbons (Fsp3) is 0.579. The maximum atomic E-state index is 11.5. The number of aliphatic hydroxyl groups excluding tert-OH is 1. The molecule has 6 rings (SSSR count). The maximum Gasteiger partial charge on any atom is 0.407 e. The number of carboxylic acids is 1. The molecule has 1 aromatic carbocycles. The Hall–Kier alpha value is -3.96. The molecular weight excluding hydrogens is 622 g/mol. The number of aryl methyl sites for hydroxylation is 1. The molecule has 3 aliphatic rings. The number of piperidine rings is 3. The van der Waals surface area contributed by atoms with Crippen molar-refractivity contribution in [3.63, 3.8) is 0 Å². The number of imidazole rings is 1. The maximum absolute atomic E-state index is 11.5. The number of hydrogen-bond acceptors (Lipinski definition) is 8. The number of hydrogen-bond donors (Lipinski definition) is 3. The first kappa shape index (κ1) is 37.9. The molecule has 11 heteroatoms. The van der Waals surface area contributed by atoms with Crippen LogP contribution in [0.2, 0.25) is 0 Å². The first-order valence-electron chi connectivity index (χ1n) is 17.6. The molecule has 3 saturated heterocycles. The summed E-state index contributed by atoms with van der Waals surface area (Å²) in [6, 6.07) is 8.23. The van der Waals surface area contributed by atoms with E-state index in [0.717, 1.165) is 66.3 Å². The van der Waals surface area contributed by atoms with E-state index >= 15 is 0 Å². The number of benzene rings is 1. The molecule has 0 radical (unpaired) electrons. The lowest BCUT2D eigenvalue weighted by atomic mass is 9.74. The van der Waals surface area contributed by atoms with E-state index in [0.29, 0.717) is 37.8 Å². The van der Waals surface area contributed by atoms with Gasteiger partial charge in [0.25, 0.3) is 0 Å². The number of carbonyl (C=O) groups is 2. The van der Waals surface area contributed by atoms with Crippen LogP contribution in [0.4, 0.5) is 4.79 Å². The first-order valence-corrected chi connectivity index (χ1v) is 17.6. The summed E-state index contributed by atoms with van der Waals surface area (Å²) in [7, 11) is 1.66. The summed E-state index contributed by atoms with van der Waals surface area (Å²) in [6.45, 7) is 15.0. The van der Waals surface area contributed by atoms with Crippen molar-refractivity contribution >= 4 is 23.0 Å². The molecule has 0 spiro atoms. The van der Waals surface area contributed by atoms with Gasteiger partial charge in [0.05, 0.1) is 36.7 Å². The van der Waals surface area contributed by atoms with E-state index in [1.807, 2.05) is 35.0 Å². The Bertz CT molecular complexity index is 1530. The number of carbonyl (C=O) groups excluding carboxylic acids is 1. The van der Waals surface area contributed by atoms with Gasteiger partial charge < -0.3 is 29.6 Å². The Morgan fingerprint density at radius 2 is 2.02 bits per heavy atom. The van der Waals surface area contributed by atoms with E-state index in [4.69, 9.17) is 9.47 Å². The van der Waals surface area contributed by atoms with Gasteiger partial charge in [0.15, 0.2) is 0 Å². The molecule has 3 aromatic rings. The van der Waals surface area contributed by atoms with Gasteiger partial charge in [-0.1, -0.05) is 13.0 Å². The topological polar surface area (TPSA) is 139 Å². The fourth-order valence-corrected chi connectivity index (χ4v) is 6.95. The van der Waals surface area contributed by atoms with E-state index in [2.05, 4.69) is 39.8 Å². The van der Waals surface area contributed by atoms with Gasteiger partial charge in [-0.2, -0.15) is 0 Å². The van der Waals surface area contributed by atoms with Crippen molar-refractivity contribution in [3.8, 4) is 5.75 Å². The Morgan fingerprint density at radius 1 is 1.22 bits per heavy atom. The van der Waals surface area contributed by atoms with Crippen LogP contribution in [-0.2, 0) is 22.5 Å². The molecule has 4 unspecified atom stereocenters. The minimum Gasteiger partial charge on any atom is -0.497 e. The number of aromatic nitrogens is 3. The summed E-state index contributed by atoms with van der Waals surface area (Å²) in [5.41, 5.74) is 2.10. The Morgan fingerprint density at radius 3 is 2.67 bits per heavy atom. The molecule has 0 aliphatic carbocycles. The molecule has 2 aromatic heterocycles. The van der Waals surface area contributed by atoms with Gasteiger partial charge in [-0.15, -0.1) is 6.58 Å². The normalized spacial score (nSPS) is 21.3. The predicted octanol–water partition coefficient (Wildman–Crippen LogP) is 6.40. The molecule has 0 saturated carbocycles. The molecule has 49 heavy (non-hydrogen) atoms. The van der Waals surface area contributed by atoms with Crippen molar-refractivity contribution in [2.75, 3.05) is 26.7 Å². The van der Waals surface area contributed by atoms with E-state index in [9.17, 15) is 19.8 Å². The van der Waals surface area contributed by atoms with Crippen LogP contribution in [0.1, 0.15) is 83.6 Å². The van der Waals surface area contributed by atoms with E-state index in [-0.39, 0.29) is 0 Å². The van der Waals surface area contributed by atoms with Gasteiger partial charge >= 0.3 is 12.1 Å². The van der Waals surface area contributed by atoms with Gasteiger partial charge in [0.2, 0.25) is 0 Å². The second-order valence-electron chi connectivity index (χ2n) is 14.3. The molecule has 2 bridgehead atoms. The summed E-state index contributed by atoms with van der Waals surface area (Å²) >= 11 is 0. The Kier molecular flexibility index (Phi) is 13.6. The van der Waals surface area contributed by atoms with Crippen LogP contribution < -0.4 is 10.1 Å². The summed E-state index contributed by atoms with van der Waals surface area (Å²) < 4.78 is 12.4. The van der Waals surface area contributed by atoms with Crippen molar-refractivity contribution in [1.29, 1.82) is 0 Å². The van der Waals surface area contributed by atoms with Crippen LogP contribution in [0, 0.1) is 17.8 Å². The van der Waals surface area contributed by atoms with Crippen molar-refractivity contribution in [2.45, 2.75) is 96.9 Å². The van der Waals surface area contributed by atoms with Crippen LogP contribution in [-0.4, -0.2) is 80.1 Å². The summed E-state index contributed by atoms with van der Waals surface area (Å²) in [4.78, 5) is 34.2. The average Bonchev–Trinajstić information content (AvgIpc) is 3.52. The number of ether oxygens (including phenoxy) is 2. The molecule has 3 N–H and O–H groups in total. The van der Waals surface area contributed by atoms with Crippen LogP contribution in [0.5, 0.6) is 5.75 Å². The summed E-state index contributed by atoms with van der Waals surface area (Å²) in [6.07, 6.45) is 12.2. The largest absolute Gasteiger partial charge is 0.497 e. The highest BCUT2D eigenvalue weighted by atomic mass is 16.6. The van der Waals surface area contributed by atoms with Crippen LogP contribution in [0.25, 0.3) is 10.9 Å². The quantitative estimate of drug-likeness (QED) is 0.131. The van der Waals surface area contributed by atoms with Crippen molar-refractivity contribution in [3.05, 3.63) is 66.9 Å². The molecule has 3 fully saturated rings. The smallest absolute Gasteiger partial charge is 0.407 e. The summed E-state index contributed by atoms with van der Waals surface area (Å²) in [5, 5.41) is 24.0. The zero-order valence-electron chi connectivity index (χ0n) is 29.8. The SMILES string of the molecule is C=CC1CN2CCC1CC2C[C@@H](O)c1ccnc2ccc(OC)cc12.CCCn1cnc(C[C@H](CCCNC(=O)OC(C)(C)C)C(=O)O)c1. The number of aliphatic carboxylic acids is 1. The standard InChI is InChI=1S/C21H26N2O2.C17H29N3O4/c1-3-14-13-23-9-7-15(14)10-16(23)11-21(24)18-6-8-22-20-5-4-17(25-2)12-19(18)20;1-5-9-20-11-14(19-12-20)10-13(15(21)22)7-6-8-18-16(23)24-17(2,3)4/h3-6,8,12,14-16,21,24H,1,7,9-11,13H2,2H3;11-13H,5-10H2,1-4H3,(H,18,23)(H,21,22)/t14?,15?,16?,21-;13-/m10/s1. The predicted molar refractivity (Wildman–Crippen MR) is 190 cm³/mol.